The summed E-state index contributed by atoms with van der Waals surface area (Å²) in [4.78, 5) is 4.42. The van der Waals surface area contributed by atoms with Crippen LogP contribution in [0.3, 0.4) is 0 Å². The minimum atomic E-state index is 0.510. The summed E-state index contributed by atoms with van der Waals surface area (Å²) in [6, 6.07) is 14.5. The maximum atomic E-state index is 6.07. The molecule has 0 unspecified atom stereocenters. The molecule has 0 aliphatic carbocycles. The molecular formula is C16H16BrN3. The highest BCUT2D eigenvalue weighted by molar-refractivity contribution is 9.10. The highest BCUT2D eigenvalue weighted by Gasteiger charge is 2.10. The van der Waals surface area contributed by atoms with Crippen LogP contribution < -0.4 is 5.73 Å². The molecule has 102 valence electrons. The average Bonchev–Trinajstić information content (AvgIpc) is 2.73. The first-order chi connectivity index (χ1) is 9.56. The zero-order valence-corrected chi connectivity index (χ0v) is 13.1. The summed E-state index contributed by atoms with van der Waals surface area (Å²) in [6.45, 7) is 4.38. The number of imidazole rings is 1. The molecule has 2 N–H and O–H groups in total. The van der Waals surface area contributed by atoms with E-state index in [1.165, 1.54) is 5.56 Å². The van der Waals surface area contributed by atoms with Gasteiger partial charge in [0.25, 0.3) is 0 Å². The molecule has 2 aromatic carbocycles. The Kier molecular flexibility index (Phi) is 3.26. The molecule has 0 spiro atoms. The molecule has 3 nitrogen and oxygen atoms in total. The van der Waals surface area contributed by atoms with Crippen LogP contribution in [0.15, 0.2) is 46.9 Å². The largest absolute Gasteiger partial charge is 0.369 e. The van der Waals surface area contributed by atoms with Crippen molar-refractivity contribution in [3.8, 4) is 5.69 Å². The summed E-state index contributed by atoms with van der Waals surface area (Å²) < 4.78 is 2.98. The fraction of sp³-hybridized carbons (Fsp3) is 0.188. The molecular weight excluding hydrogens is 314 g/mol. The number of aromatic nitrogens is 2. The van der Waals surface area contributed by atoms with Crippen molar-refractivity contribution in [2.75, 3.05) is 5.73 Å². The van der Waals surface area contributed by atoms with Gasteiger partial charge in [0.2, 0.25) is 5.95 Å². The average molecular weight is 330 g/mol. The third-order valence-corrected chi connectivity index (χ3v) is 3.95. The van der Waals surface area contributed by atoms with Gasteiger partial charge in [0.1, 0.15) is 0 Å². The molecule has 20 heavy (non-hydrogen) atoms. The van der Waals surface area contributed by atoms with Gasteiger partial charge in [-0.2, -0.15) is 0 Å². The van der Waals surface area contributed by atoms with Crippen molar-refractivity contribution >= 4 is 32.9 Å². The van der Waals surface area contributed by atoms with Crippen molar-refractivity contribution in [1.29, 1.82) is 0 Å². The highest BCUT2D eigenvalue weighted by atomic mass is 79.9. The number of halogens is 1. The van der Waals surface area contributed by atoms with Gasteiger partial charge < -0.3 is 5.73 Å². The summed E-state index contributed by atoms with van der Waals surface area (Å²) in [6.07, 6.45) is 0. The molecule has 0 amide bonds. The molecule has 3 rings (SSSR count). The zero-order chi connectivity index (χ0) is 14.3. The van der Waals surface area contributed by atoms with Gasteiger partial charge in [0.15, 0.2) is 0 Å². The predicted molar refractivity (Wildman–Crippen MR) is 87.3 cm³/mol. The second kappa shape index (κ2) is 4.94. The first-order valence-electron chi connectivity index (χ1n) is 6.60. The van der Waals surface area contributed by atoms with Gasteiger partial charge in [0.05, 0.1) is 11.0 Å². The van der Waals surface area contributed by atoms with E-state index in [1.807, 2.05) is 22.8 Å². The lowest BCUT2D eigenvalue weighted by Crippen LogP contribution is -2.00. The van der Waals surface area contributed by atoms with Crippen LogP contribution >= 0.6 is 15.9 Å². The number of hydrogen-bond acceptors (Lipinski definition) is 2. The van der Waals surface area contributed by atoms with Crippen LogP contribution in [0.2, 0.25) is 0 Å². The minimum Gasteiger partial charge on any atom is -0.369 e. The molecule has 0 saturated carbocycles. The molecule has 1 heterocycles. The van der Waals surface area contributed by atoms with Crippen LogP contribution in [0.25, 0.3) is 16.7 Å². The smallest absolute Gasteiger partial charge is 0.205 e. The second-order valence-electron chi connectivity index (χ2n) is 5.18. The van der Waals surface area contributed by atoms with E-state index >= 15 is 0 Å². The lowest BCUT2D eigenvalue weighted by atomic mass is 10.0. The number of fused-ring (bicyclic) bond motifs is 1. The Morgan fingerprint density at radius 1 is 1.10 bits per heavy atom. The van der Waals surface area contributed by atoms with E-state index < -0.39 is 0 Å². The summed E-state index contributed by atoms with van der Waals surface area (Å²) >= 11 is 3.46. The van der Waals surface area contributed by atoms with Crippen molar-refractivity contribution in [3.05, 3.63) is 52.5 Å². The van der Waals surface area contributed by atoms with Crippen LogP contribution in [0.1, 0.15) is 25.3 Å². The third-order valence-electron chi connectivity index (χ3n) is 3.46. The van der Waals surface area contributed by atoms with Crippen LogP contribution in [-0.4, -0.2) is 9.55 Å². The first-order valence-corrected chi connectivity index (χ1v) is 7.39. The predicted octanol–water partition coefficient (Wildman–Crippen LogP) is 4.49. The minimum absolute atomic E-state index is 0.510. The van der Waals surface area contributed by atoms with Crippen molar-refractivity contribution in [2.24, 2.45) is 0 Å². The monoisotopic (exact) mass is 329 g/mol. The third kappa shape index (κ3) is 2.20. The van der Waals surface area contributed by atoms with Crippen LogP contribution in [0.5, 0.6) is 0 Å². The SMILES string of the molecule is CC(C)c1ccc(-n2c(N)nc3cc(Br)ccc32)cc1. The maximum Gasteiger partial charge on any atom is 0.205 e. The molecule has 3 aromatic rings. The van der Waals surface area contributed by atoms with E-state index in [1.54, 1.807) is 0 Å². The molecule has 0 radical (unpaired) electrons. The van der Waals surface area contributed by atoms with E-state index in [9.17, 15) is 0 Å². The van der Waals surface area contributed by atoms with Gasteiger partial charge in [-0.25, -0.2) is 4.98 Å². The number of nitrogens with zero attached hydrogens (tertiary/aromatic N) is 2. The summed E-state index contributed by atoms with van der Waals surface area (Å²) in [5.74, 6) is 1.03. The van der Waals surface area contributed by atoms with Crippen LogP contribution in [0.4, 0.5) is 5.95 Å². The van der Waals surface area contributed by atoms with Crippen molar-refractivity contribution in [3.63, 3.8) is 0 Å². The Hall–Kier alpha value is -1.81. The molecule has 4 heteroatoms. The Labute approximate surface area is 126 Å². The van der Waals surface area contributed by atoms with Crippen LogP contribution in [0, 0.1) is 0 Å². The van der Waals surface area contributed by atoms with E-state index in [2.05, 4.69) is 59.0 Å². The molecule has 0 bridgehead atoms. The maximum absolute atomic E-state index is 6.07. The molecule has 0 aliphatic heterocycles. The van der Waals surface area contributed by atoms with Gasteiger partial charge in [-0.05, 0) is 41.8 Å². The fourth-order valence-corrected chi connectivity index (χ4v) is 2.70. The highest BCUT2D eigenvalue weighted by Crippen LogP contribution is 2.26. The second-order valence-corrected chi connectivity index (χ2v) is 6.10. The summed E-state index contributed by atoms with van der Waals surface area (Å²) in [7, 11) is 0. The standard InChI is InChI=1S/C16H16BrN3/c1-10(2)11-3-6-13(7-4-11)20-15-8-5-12(17)9-14(15)19-16(20)18/h3-10H,1-2H3,(H2,18,19). The fourth-order valence-electron chi connectivity index (χ4n) is 2.35. The van der Waals surface area contributed by atoms with E-state index in [-0.39, 0.29) is 0 Å². The van der Waals surface area contributed by atoms with Crippen LogP contribution in [-0.2, 0) is 0 Å². The molecule has 0 atom stereocenters. The number of hydrogen-bond donors (Lipinski definition) is 1. The van der Waals surface area contributed by atoms with Crippen molar-refractivity contribution < 1.29 is 0 Å². The Bertz CT molecular complexity index is 757. The molecule has 0 fully saturated rings. The zero-order valence-electron chi connectivity index (χ0n) is 11.5. The van der Waals surface area contributed by atoms with Crippen molar-refractivity contribution in [2.45, 2.75) is 19.8 Å². The molecule has 1 aromatic heterocycles. The van der Waals surface area contributed by atoms with Gasteiger partial charge in [-0.15, -0.1) is 0 Å². The van der Waals surface area contributed by atoms with E-state index in [0.29, 0.717) is 11.9 Å². The van der Waals surface area contributed by atoms with E-state index in [4.69, 9.17) is 5.73 Å². The quantitative estimate of drug-likeness (QED) is 0.752. The number of anilines is 1. The Morgan fingerprint density at radius 3 is 2.45 bits per heavy atom. The van der Waals surface area contributed by atoms with Gasteiger partial charge >= 0.3 is 0 Å². The number of rotatable bonds is 2. The summed E-state index contributed by atoms with van der Waals surface area (Å²) in [5.41, 5.74) is 10.3. The number of benzene rings is 2. The first kappa shape index (κ1) is 13.2. The van der Waals surface area contributed by atoms with Gasteiger partial charge in [0, 0.05) is 10.2 Å². The van der Waals surface area contributed by atoms with Gasteiger partial charge in [-0.1, -0.05) is 41.9 Å². The topological polar surface area (TPSA) is 43.8 Å². The van der Waals surface area contributed by atoms with E-state index in [0.717, 1.165) is 21.2 Å². The molecule has 0 aliphatic rings. The summed E-state index contributed by atoms with van der Waals surface area (Å²) in [5, 5.41) is 0. The lowest BCUT2D eigenvalue weighted by molar-refractivity contribution is 0.865. The Morgan fingerprint density at radius 2 is 1.80 bits per heavy atom. The number of nitrogen functional groups attached to an aromatic ring is 1. The molecule has 0 saturated heterocycles. The van der Waals surface area contributed by atoms with Gasteiger partial charge in [-0.3, -0.25) is 4.57 Å². The normalized spacial score (nSPS) is 11.4. The number of nitrogens with two attached hydrogens (primary N) is 1. The Balaban J connectivity index is 2.16. The lowest BCUT2D eigenvalue weighted by Gasteiger charge is -2.09. The van der Waals surface area contributed by atoms with Crippen molar-refractivity contribution in [1.82, 2.24) is 9.55 Å².